The van der Waals surface area contributed by atoms with E-state index in [1.807, 2.05) is 11.8 Å². The summed E-state index contributed by atoms with van der Waals surface area (Å²) in [4.78, 5) is 14.3. The Bertz CT molecular complexity index is 452. The fourth-order valence-corrected chi connectivity index (χ4v) is 3.37. The van der Waals surface area contributed by atoms with Crippen molar-refractivity contribution in [2.24, 2.45) is 0 Å². The Kier molecular flexibility index (Phi) is 6.01. The molecule has 6 heteroatoms. The molecule has 0 unspecified atom stereocenters. The third kappa shape index (κ3) is 4.67. The Morgan fingerprint density at radius 3 is 2.84 bits per heavy atom. The number of halogens is 2. The molecule has 1 heterocycles. The fraction of sp³-hybridized carbons (Fsp3) is 0.462. The zero-order chi connectivity index (χ0) is 13.7. The maximum absolute atomic E-state index is 12.0. The van der Waals surface area contributed by atoms with Crippen molar-refractivity contribution < 1.29 is 4.79 Å². The minimum atomic E-state index is -0.0521. The molecule has 1 fully saturated rings. The summed E-state index contributed by atoms with van der Waals surface area (Å²) >= 11 is 11.2. The molecule has 1 saturated heterocycles. The van der Waals surface area contributed by atoms with E-state index < -0.39 is 0 Å². The lowest BCUT2D eigenvalue weighted by Gasteiger charge is -2.26. The highest BCUT2D eigenvalue weighted by atomic mass is 79.9. The first-order valence-corrected chi connectivity index (χ1v) is 8.53. The van der Waals surface area contributed by atoms with Crippen molar-refractivity contribution >= 4 is 45.2 Å². The molecule has 1 N–H and O–H groups in total. The number of nitrogens with zero attached hydrogens (tertiary/aromatic N) is 1. The summed E-state index contributed by atoms with van der Waals surface area (Å²) in [5.74, 6) is 2.33. The van der Waals surface area contributed by atoms with Crippen LogP contribution in [0.3, 0.4) is 0 Å². The van der Waals surface area contributed by atoms with Gasteiger partial charge in [-0.1, -0.05) is 11.6 Å². The number of amides is 1. The molecule has 0 aliphatic carbocycles. The minimum absolute atomic E-state index is 0.0521. The number of hydrogen-bond acceptors (Lipinski definition) is 3. The molecule has 0 saturated carbocycles. The highest BCUT2D eigenvalue weighted by Crippen LogP contribution is 2.23. The van der Waals surface area contributed by atoms with Crippen LogP contribution >= 0.6 is 39.3 Å². The highest BCUT2D eigenvalue weighted by molar-refractivity contribution is 9.10. The molecule has 1 aromatic carbocycles. The van der Waals surface area contributed by atoms with Gasteiger partial charge in [0, 0.05) is 47.7 Å². The van der Waals surface area contributed by atoms with Crippen molar-refractivity contribution in [1.82, 2.24) is 10.2 Å². The molecule has 0 aromatic heterocycles. The van der Waals surface area contributed by atoms with E-state index in [0.717, 1.165) is 24.1 Å². The van der Waals surface area contributed by atoms with Crippen molar-refractivity contribution in [1.29, 1.82) is 0 Å². The van der Waals surface area contributed by atoms with Gasteiger partial charge in [0.25, 0.3) is 5.91 Å². The van der Waals surface area contributed by atoms with Crippen LogP contribution in [0.2, 0.25) is 5.02 Å². The molecule has 19 heavy (non-hydrogen) atoms. The summed E-state index contributed by atoms with van der Waals surface area (Å²) in [5, 5.41) is 3.55. The molecule has 1 aliphatic heterocycles. The maximum Gasteiger partial charge on any atom is 0.251 e. The van der Waals surface area contributed by atoms with E-state index >= 15 is 0 Å². The van der Waals surface area contributed by atoms with Crippen LogP contribution in [0.1, 0.15) is 10.4 Å². The molecule has 104 valence electrons. The quantitative estimate of drug-likeness (QED) is 0.893. The summed E-state index contributed by atoms with van der Waals surface area (Å²) < 4.78 is 0.745. The monoisotopic (exact) mass is 362 g/mol. The van der Waals surface area contributed by atoms with Crippen LogP contribution in [0.5, 0.6) is 0 Å². The van der Waals surface area contributed by atoms with E-state index in [-0.39, 0.29) is 5.91 Å². The Morgan fingerprint density at radius 1 is 1.42 bits per heavy atom. The molecule has 0 atom stereocenters. The number of benzene rings is 1. The van der Waals surface area contributed by atoms with Gasteiger partial charge in [0.15, 0.2) is 0 Å². The summed E-state index contributed by atoms with van der Waals surface area (Å²) in [6, 6.07) is 5.21. The van der Waals surface area contributed by atoms with Crippen molar-refractivity contribution in [3.05, 3.63) is 33.3 Å². The molecule has 0 radical (unpaired) electrons. The second-order valence-corrected chi connectivity index (χ2v) is 6.83. The predicted molar refractivity (Wildman–Crippen MR) is 85.3 cm³/mol. The second kappa shape index (κ2) is 7.53. The number of carbonyl (C=O) groups is 1. The Labute approximate surface area is 131 Å². The zero-order valence-electron chi connectivity index (χ0n) is 10.5. The smallest absolute Gasteiger partial charge is 0.251 e. The van der Waals surface area contributed by atoms with E-state index in [0.29, 0.717) is 17.1 Å². The normalized spacial score (nSPS) is 16.3. The van der Waals surface area contributed by atoms with Gasteiger partial charge >= 0.3 is 0 Å². The first-order chi connectivity index (χ1) is 9.16. The molecule has 1 amide bonds. The maximum atomic E-state index is 12.0. The van der Waals surface area contributed by atoms with Gasteiger partial charge in [-0.25, -0.2) is 0 Å². The van der Waals surface area contributed by atoms with E-state index in [1.165, 1.54) is 11.5 Å². The van der Waals surface area contributed by atoms with Gasteiger partial charge in [0.1, 0.15) is 0 Å². The predicted octanol–water partition coefficient (Wildman–Crippen LogP) is 2.88. The van der Waals surface area contributed by atoms with Gasteiger partial charge in [-0.2, -0.15) is 11.8 Å². The van der Waals surface area contributed by atoms with Crippen LogP contribution in [0.15, 0.2) is 22.7 Å². The minimum Gasteiger partial charge on any atom is -0.351 e. The first-order valence-electron chi connectivity index (χ1n) is 6.20. The second-order valence-electron chi connectivity index (χ2n) is 4.34. The number of hydrogen-bond donors (Lipinski definition) is 1. The summed E-state index contributed by atoms with van der Waals surface area (Å²) in [7, 11) is 0. The van der Waals surface area contributed by atoms with Crippen LogP contribution in [0, 0.1) is 0 Å². The first kappa shape index (κ1) is 15.2. The molecule has 3 nitrogen and oxygen atoms in total. The molecular formula is C13H16BrClN2OS. The summed E-state index contributed by atoms with van der Waals surface area (Å²) in [6.07, 6.45) is 0. The van der Waals surface area contributed by atoms with Crippen LogP contribution in [-0.2, 0) is 0 Å². The number of thioether (sulfide) groups is 1. The van der Waals surface area contributed by atoms with Crippen LogP contribution in [0.4, 0.5) is 0 Å². The van der Waals surface area contributed by atoms with Crippen molar-refractivity contribution in [3.8, 4) is 0 Å². The molecule has 1 aliphatic rings. The molecular weight excluding hydrogens is 348 g/mol. The lowest BCUT2D eigenvalue weighted by atomic mass is 10.2. The van der Waals surface area contributed by atoms with Gasteiger partial charge in [-0.05, 0) is 34.1 Å². The standard InChI is InChI=1S/C13H16BrClN2OS/c14-11-9-10(1-2-12(11)15)13(18)16-3-4-17-5-7-19-8-6-17/h1-2,9H,3-8H2,(H,16,18). The molecule has 0 spiro atoms. The average Bonchev–Trinajstić information content (AvgIpc) is 2.43. The fourth-order valence-electron chi connectivity index (χ4n) is 1.89. The van der Waals surface area contributed by atoms with Gasteiger partial charge < -0.3 is 5.32 Å². The van der Waals surface area contributed by atoms with Crippen molar-refractivity contribution in [2.75, 3.05) is 37.7 Å². The van der Waals surface area contributed by atoms with Crippen LogP contribution in [-0.4, -0.2) is 48.5 Å². The molecule has 2 rings (SSSR count). The molecule has 1 aromatic rings. The SMILES string of the molecule is O=C(NCCN1CCSCC1)c1ccc(Cl)c(Br)c1. The average molecular weight is 364 g/mol. The van der Waals surface area contributed by atoms with Gasteiger partial charge in [-0.15, -0.1) is 0 Å². The zero-order valence-corrected chi connectivity index (χ0v) is 13.7. The number of nitrogens with one attached hydrogen (secondary N) is 1. The third-order valence-electron chi connectivity index (χ3n) is 3.00. The topological polar surface area (TPSA) is 32.3 Å². The lowest BCUT2D eigenvalue weighted by molar-refractivity contribution is 0.0949. The van der Waals surface area contributed by atoms with Gasteiger partial charge in [0.2, 0.25) is 0 Å². The largest absolute Gasteiger partial charge is 0.351 e. The van der Waals surface area contributed by atoms with E-state index in [2.05, 4.69) is 26.1 Å². The number of carbonyl (C=O) groups excluding carboxylic acids is 1. The van der Waals surface area contributed by atoms with Crippen molar-refractivity contribution in [2.45, 2.75) is 0 Å². The van der Waals surface area contributed by atoms with E-state index in [9.17, 15) is 4.79 Å². The third-order valence-corrected chi connectivity index (χ3v) is 5.16. The van der Waals surface area contributed by atoms with E-state index in [4.69, 9.17) is 11.6 Å². The van der Waals surface area contributed by atoms with Crippen LogP contribution < -0.4 is 5.32 Å². The lowest BCUT2D eigenvalue weighted by Crippen LogP contribution is -2.39. The molecule has 0 bridgehead atoms. The van der Waals surface area contributed by atoms with Gasteiger partial charge in [-0.3, -0.25) is 9.69 Å². The summed E-state index contributed by atoms with van der Waals surface area (Å²) in [5.41, 5.74) is 0.630. The Hall–Kier alpha value is -0.230. The Balaban J connectivity index is 1.78. The van der Waals surface area contributed by atoms with E-state index in [1.54, 1.807) is 18.2 Å². The van der Waals surface area contributed by atoms with Gasteiger partial charge in [0.05, 0.1) is 5.02 Å². The number of rotatable bonds is 4. The highest BCUT2D eigenvalue weighted by Gasteiger charge is 2.11. The summed E-state index contributed by atoms with van der Waals surface area (Å²) in [6.45, 7) is 3.84. The Morgan fingerprint density at radius 2 is 2.16 bits per heavy atom. The van der Waals surface area contributed by atoms with Crippen molar-refractivity contribution in [3.63, 3.8) is 0 Å². The van der Waals surface area contributed by atoms with Crippen LogP contribution in [0.25, 0.3) is 0 Å².